The Kier molecular flexibility index (Phi) is 7.97. The fourth-order valence-corrected chi connectivity index (χ4v) is 3.74. The molecule has 0 aliphatic heterocycles. The fourth-order valence-electron chi connectivity index (χ4n) is 2.09. The molecule has 1 aromatic carbocycles. The third-order valence-corrected chi connectivity index (χ3v) is 5.47. The molecule has 0 spiro atoms. The molecule has 0 saturated heterocycles. The normalized spacial score (nSPS) is 12.9. The molecule has 1 unspecified atom stereocenters. The van der Waals surface area contributed by atoms with Gasteiger partial charge in [-0.25, -0.2) is 4.98 Å². The zero-order valence-electron chi connectivity index (χ0n) is 13.7. The highest BCUT2D eigenvalue weighted by atomic mass is 32.2. The first-order chi connectivity index (χ1) is 11.3. The highest BCUT2D eigenvalue weighted by Crippen LogP contribution is 2.20. The van der Waals surface area contributed by atoms with Gasteiger partial charge in [0.25, 0.3) is 0 Å². The van der Waals surface area contributed by atoms with Crippen molar-refractivity contribution in [3.05, 3.63) is 47.5 Å². The minimum atomic E-state index is 0.454. The lowest BCUT2D eigenvalue weighted by Gasteiger charge is -2.16. The van der Waals surface area contributed by atoms with Gasteiger partial charge in [0.15, 0.2) is 5.96 Å². The van der Waals surface area contributed by atoms with Gasteiger partial charge in [-0.3, -0.25) is 4.99 Å². The number of thiazole rings is 1. The molecular formula is C17H24N4S2. The van der Waals surface area contributed by atoms with E-state index in [1.54, 1.807) is 11.3 Å². The molecule has 2 N–H and O–H groups in total. The SMILES string of the molecule is CN=C(NCCCSc1nccs1)NCC(C)c1ccccc1. The van der Waals surface area contributed by atoms with Crippen LogP contribution in [0.15, 0.2) is 51.2 Å². The molecule has 0 saturated carbocycles. The topological polar surface area (TPSA) is 49.3 Å². The zero-order chi connectivity index (χ0) is 16.3. The second-order valence-corrected chi connectivity index (χ2v) is 7.43. The van der Waals surface area contributed by atoms with Crippen molar-refractivity contribution >= 4 is 29.1 Å². The van der Waals surface area contributed by atoms with E-state index in [9.17, 15) is 0 Å². The fraction of sp³-hybridized carbons (Fsp3) is 0.412. The summed E-state index contributed by atoms with van der Waals surface area (Å²) in [5.41, 5.74) is 1.34. The Morgan fingerprint density at radius 2 is 2.13 bits per heavy atom. The van der Waals surface area contributed by atoms with E-state index in [1.165, 1.54) is 5.56 Å². The smallest absolute Gasteiger partial charge is 0.190 e. The molecule has 2 rings (SSSR count). The van der Waals surface area contributed by atoms with Crippen LogP contribution in [0.1, 0.15) is 24.8 Å². The number of benzene rings is 1. The van der Waals surface area contributed by atoms with E-state index in [0.717, 1.165) is 35.6 Å². The molecular weight excluding hydrogens is 324 g/mol. The van der Waals surface area contributed by atoms with Crippen molar-refractivity contribution in [1.29, 1.82) is 0 Å². The Morgan fingerprint density at radius 1 is 1.30 bits per heavy atom. The number of guanidine groups is 1. The van der Waals surface area contributed by atoms with Gasteiger partial charge in [0.05, 0.1) is 0 Å². The van der Waals surface area contributed by atoms with Crippen LogP contribution in [0.25, 0.3) is 0 Å². The molecule has 0 fully saturated rings. The van der Waals surface area contributed by atoms with Gasteiger partial charge in [0, 0.05) is 37.5 Å². The van der Waals surface area contributed by atoms with Crippen molar-refractivity contribution < 1.29 is 0 Å². The molecule has 0 aliphatic carbocycles. The van der Waals surface area contributed by atoms with Crippen LogP contribution in [-0.2, 0) is 0 Å². The third-order valence-electron chi connectivity index (χ3n) is 3.42. The first kappa shape index (κ1) is 17.8. The number of nitrogens with zero attached hydrogens (tertiary/aromatic N) is 2. The highest BCUT2D eigenvalue weighted by Gasteiger charge is 2.06. The minimum absolute atomic E-state index is 0.454. The minimum Gasteiger partial charge on any atom is -0.356 e. The lowest BCUT2D eigenvalue weighted by Crippen LogP contribution is -2.39. The van der Waals surface area contributed by atoms with Crippen LogP contribution < -0.4 is 10.6 Å². The van der Waals surface area contributed by atoms with Crippen LogP contribution in [-0.4, -0.2) is 36.8 Å². The molecule has 0 radical (unpaired) electrons. The zero-order valence-corrected chi connectivity index (χ0v) is 15.3. The molecule has 2 aromatic rings. The lowest BCUT2D eigenvalue weighted by molar-refractivity contribution is 0.696. The standard InChI is InChI=1S/C17H24N4S2/c1-14(15-7-4-3-5-8-15)13-21-16(18-2)19-9-6-11-22-17-20-10-12-23-17/h3-5,7-8,10,12,14H,6,9,11,13H2,1-2H3,(H2,18,19,21). The maximum Gasteiger partial charge on any atom is 0.190 e. The molecule has 1 aromatic heterocycles. The predicted octanol–water partition coefficient (Wildman–Crippen LogP) is 3.59. The number of thioether (sulfide) groups is 1. The average molecular weight is 349 g/mol. The summed E-state index contributed by atoms with van der Waals surface area (Å²) in [6, 6.07) is 10.5. The summed E-state index contributed by atoms with van der Waals surface area (Å²) in [5.74, 6) is 2.39. The maximum atomic E-state index is 4.28. The highest BCUT2D eigenvalue weighted by molar-refractivity contribution is 8.00. The number of aromatic nitrogens is 1. The molecule has 1 heterocycles. The van der Waals surface area contributed by atoms with Gasteiger partial charge in [0.1, 0.15) is 4.34 Å². The third kappa shape index (κ3) is 6.62. The van der Waals surface area contributed by atoms with Gasteiger partial charge < -0.3 is 10.6 Å². The van der Waals surface area contributed by atoms with Gasteiger partial charge in [-0.15, -0.1) is 11.3 Å². The van der Waals surface area contributed by atoms with E-state index in [0.29, 0.717) is 5.92 Å². The van der Waals surface area contributed by atoms with E-state index >= 15 is 0 Å². The largest absolute Gasteiger partial charge is 0.356 e. The van der Waals surface area contributed by atoms with Crippen molar-refractivity contribution in [2.24, 2.45) is 4.99 Å². The Hall–Kier alpha value is -1.53. The number of rotatable bonds is 8. The first-order valence-corrected chi connectivity index (χ1v) is 9.68. The van der Waals surface area contributed by atoms with E-state index in [4.69, 9.17) is 0 Å². The quantitative estimate of drug-likeness (QED) is 0.331. The monoisotopic (exact) mass is 348 g/mol. The number of hydrogen-bond acceptors (Lipinski definition) is 4. The first-order valence-electron chi connectivity index (χ1n) is 7.81. The van der Waals surface area contributed by atoms with Crippen LogP contribution in [0, 0.1) is 0 Å². The number of hydrogen-bond donors (Lipinski definition) is 2. The van der Waals surface area contributed by atoms with Crippen LogP contribution in [0.3, 0.4) is 0 Å². The molecule has 1 atom stereocenters. The van der Waals surface area contributed by atoms with Gasteiger partial charge in [0.2, 0.25) is 0 Å². The molecule has 6 heteroatoms. The van der Waals surface area contributed by atoms with E-state index in [1.807, 2.05) is 36.5 Å². The predicted molar refractivity (Wildman–Crippen MR) is 102 cm³/mol. The summed E-state index contributed by atoms with van der Waals surface area (Å²) < 4.78 is 1.14. The molecule has 4 nitrogen and oxygen atoms in total. The Labute approximate surface area is 146 Å². The van der Waals surface area contributed by atoms with E-state index in [-0.39, 0.29) is 0 Å². The van der Waals surface area contributed by atoms with E-state index in [2.05, 4.69) is 51.8 Å². The average Bonchev–Trinajstić information content (AvgIpc) is 3.11. The summed E-state index contributed by atoms with van der Waals surface area (Å²) in [6.07, 6.45) is 2.93. The molecule has 124 valence electrons. The molecule has 0 aliphatic rings. The number of aliphatic imine (C=N–C) groups is 1. The molecule has 23 heavy (non-hydrogen) atoms. The van der Waals surface area contributed by atoms with E-state index < -0.39 is 0 Å². The van der Waals surface area contributed by atoms with Crippen LogP contribution in [0.2, 0.25) is 0 Å². The maximum absolute atomic E-state index is 4.28. The van der Waals surface area contributed by atoms with Crippen molar-refractivity contribution in [2.75, 3.05) is 25.9 Å². The van der Waals surface area contributed by atoms with Crippen molar-refractivity contribution in [2.45, 2.75) is 23.6 Å². The second-order valence-electron chi connectivity index (χ2n) is 5.19. The summed E-state index contributed by atoms with van der Waals surface area (Å²) in [5, 5.41) is 8.77. The van der Waals surface area contributed by atoms with Crippen LogP contribution >= 0.6 is 23.1 Å². The van der Waals surface area contributed by atoms with Crippen LogP contribution in [0.4, 0.5) is 0 Å². The summed E-state index contributed by atoms with van der Waals surface area (Å²) in [6.45, 7) is 4.01. The van der Waals surface area contributed by atoms with Gasteiger partial charge in [-0.1, -0.05) is 49.0 Å². The van der Waals surface area contributed by atoms with Crippen molar-refractivity contribution in [1.82, 2.24) is 15.6 Å². The summed E-state index contributed by atoms with van der Waals surface area (Å²) in [4.78, 5) is 8.55. The Balaban J connectivity index is 1.61. The Bertz CT molecular complexity index is 570. The molecule has 0 amide bonds. The van der Waals surface area contributed by atoms with Crippen molar-refractivity contribution in [3.63, 3.8) is 0 Å². The van der Waals surface area contributed by atoms with Crippen molar-refractivity contribution in [3.8, 4) is 0 Å². The lowest BCUT2D eigenvalue weighted by atomic mass is 10.0. The van der Waals surface area contributed by atoms with Gasteiger partial charge >= 0.3 is 0 Å². The number of nitrogens with one attached hydrogen (secondary N) is 2. The second kappa shape index (κ2) is 10.3. The van der Waals surface area contributed by atoms with Gasteiger partial charge in [-0.2, -0.15) is 0 Å². The summed E-state index contributed by atoms with van der Waals surface area (Å²) in [7, 11) is 1.81. The van der Waals surface area contributed by atoms with Gasteiger partial charge in [-0.05, 0) is 17.9 Å². The summed E-state index contributed by atoms with van der Waals surface area (Å²) >= 11 is 3.51. The molecule has 0 bridgehead atoms. The Morgan fingerprint density at radius 3 is 2.83 bits per heavy atom. The van der Waals surface area contributed by atoms with Crippen LogP contribution in [0.5, 0.6) is 0 Å².